The smallest absolute Gasteiger partial charge is 0.0778 e. The number of aryl methyl sites for hydroxylation is 1. The molecule has 5 nitrogen and oxygen atoms in total. The molecule has 0 saturated carbocycles. The van der Waals surface area contributed by atoms with Crippen LogP contribution >= 0.6 is 0 Å². The van der Waals surface area contributed by atoms with Crippen LogP contribution in [0.1, 0.15) is 18.4 Å². The summed E-state index contributed by atoms with van der Waals surface area (Å²) in [6.07, 6.45) is 8.45. The maximum absolute atomic E-state index is 5.51. The zero-order valence-corrected chi connectivity index (χ0v) is 12.7. The average molecular weight is 286 g/mol. The molecule has 1 fully saturated rings. The van der Waals surface area contributed by atoms with Gasteiger partial charge in [-0.1, -0.05) is 6.07 Å². The Labute approximate surface area is 125 Å². The molecule has 1 unspecified atom stereocenters. The van der Waals surface area contributed by atoms with Crippen molar-refractivity contribution in [2.45, 2.75) is 25.5 Å². The molecular formula is C16H22N4O. The van der Waals surface area contributed by atoms with Crippen LogP contribution in [0, 0.1) is 0 Å². The zero-order valence-electron chi connectivity index (χ0n) is 12.7. The van der Waals surface area contributed by atoms with Gasteiger partial charge in [-0.3, -0.25) is 14.6 Å². The van der Waals surface area contributed by atoms with Crippen molar-refractivity contribution in [2.24, 2.45) is 7.05 Å². The summed E-state index contributed by atoms with van der Waals surface area (Å²) in [7, 11) is 3.74. The van der Waals surface area contributed by atoms with Gasteiger partial charge in [0.1, 0.15) is 0 Å². The number of hydrogen-bond acceptors (Lipinski definition) is 4. The molecule has 1 saturated heterocycles. The van der Waals surface area contributed by atoms with E-state index < -0.39 is 0 Å². The highest BCUT2D eigenvalue weighted by Crippen LogP contribution is 2.23. The molecule has 0 aliphatic carbocycles. The van der Waals surface area contributed by atoms with Crippen molar-refractivity contribution < 1.29 is 4.74 Å². The monoisotopic (exact) mass is 286 g/mol. The molecular weight excluding hydrogens is 264 g/mol. The fraction of sp³-hybridized carbons (Fsp3) is 0.500. The summed E-state index contributed by atoms with van der Waals surface area (Å²) in [5.74, 6) is 0. The maximum atomic E-state index is 5.51. The number of ether oxygens (including phenoxy) is 1. The molecule has 21 heavy (non-hydrogen) atoms. The zero-order chi connectivity index (χ0) is 14.7. The highest BCUT2D eigenvalue weighted by atomic mass is 16.5. The van der Waals surface area contributed by atoms with Gasteiger partial charge < -0.3 is 4.74 Å². The van der Waals surface area contributed by atoms with Gasteiger partial charge in [-0.25, -0.2) is 0 Å². The Bertz CT molecular complexity index is 595. The van der Waals surface area contributed by atoms with Crippen molar-refractivity contribution in [3.8, 4) is 11.3 Å². The van der Waals surface area contributed by atoms with Gasteiger partial charge in [-0.05, 0) is 31.0 Å². The lowest BCUT2D eigenvalue weighted by molar-refractivity contribution is 0.0286. The molecule has 112 valence electrons. The predicted molar refractivity (Wildman–Crippen MR) is 81.7 cm³/mol. The van der Waals surface area contributed by atoms with Gasteiger partial charge in [0.15, 0.2) is 0 Å². The number of hydrogen-bond donors (Lipinski definition) is 0. The highest BCUT2D eigenvalue weighted by Gasteiger charge is 2.20. The van der Waals surface area contributed by atoms with Gasteiger partial charge in [0.2, 0.25) is 0 Å². The molecule has 3 rings (SSSR count). The fourth-order valence-corrected chi connectivity index (χ4v) is 2.96. The minimum atomic E-state index is 0.359. The standard InChI is InChI=1S/C16H22N4O/c1-19-10-14(9-18-19)16-13(5-3-7-17-16)11-20-8-4-6-15(12-20)21-2/h3,5,7,9-10,15H,4,6,8,11-12H2,1-2H3. The van der Waals surface area contributed by atoms with E-state index in [1.165, 1.54) is 12.0 Å². The summed E-state index contributed by atoms with van der Waals surface area (Å²) in [6.45, 7) is 3.04. The third-order valence-electron chi connectivity index (χ3n) is 4.06. The lowest BCUT2D eigenvalue weighted by Gasteiger charge is -2.32. The number of pyridine rings is 1. The molecule has 5 heteroatoms. The van der Waals surface area contributed by atoms with Crippen LogP contribution < -0.4 is 0 Å². The van der Waals surface area contributed by atoms with Crippen LogP contribution in [-0.4, -0.2) is 46.0 Å². The number of rotatable bonds is 4. The summed E-state index contributed by atoms with van der Waals surface area (Å²) in [5, 5.41) is 4.25. The predicted octanol–water partition coefficient (Wildman–Crippen LogP) is 2.09. The van der Waals surface area contributed by atoms with Crippen LogP contribution in [0.3, 0.4) is 0 Å². The van der Waals surface area contributed by atoms with Crippen LogP contribution in [0.2, 0.25) is 0 Å². The van der Waals surface area contributed by atoms with Gasteiger partial charge in [0.05, 0.1) is 18.0 Å². The van der Waals surface area contributed by atoms with E-state index >= 15 is 0 Å². The minimum absolute atomic E-state index is 0.359. The second-order valence-electron chi connectivity index (χ2n) is 5.65. The molecule has 1 aliphatic heterocycles. The first-order valence-electron chi connectivity index (χ1n) is 7.44. The quantitative estimate of drug-likeness (QED) is 0.863. The topological polar surface area (TPSA) is 43.2 Å². The number of nitrogens with zero attached hydrogens (tertiary/aromatic N) is 4. The summed E-state index contributed by atoms with van der Waals surface area (Å²) in [4.78, 5) is 7.01. The Balaban J connectivity index is 1.79. The molecule has 1 atom stereocenters. The molecule has 0 radical (unpaired) electrons. The Morgan fingerprint density at radius 1 is 1.43 bits per heavy atom. The van der Waals surface area contributed by atoms with E-state index in [9.17, 15) is 0 Å². The van der Waals surface area contributed by atoms with E-state index in [1.54, 1.807) is 7.11 Å². The summed E-state index contributed by atoms with van der Waals surface area (Å²) < 4.78 is 7.32. The minimum Gasteiger partial charge on any atom is -0.380 e. The van der Waals surface area contributed by atoms with E-state index in [4.69, 9.17) is 4.74 Å². The SMILES string of the molecule is COC1CCCN(Cc2cccnc2-c2cnn(C)c2)C1. The number of methoxy groups -OCH3 is 1. The average Bonchev–Trinajstić information content (AvgIpc) is 2.94. The Hall–Kier alpha value is -1.72. The van der Waals surface area contributed by atoms with E-state index in [-0.39, 0.29) is 0 Å². The second-order valence-corrected chi connectivity index (χ2v) is 5.65. The summed E-state index contributed by atoms with van der Waals surface area (Å²) >= 11 is 0. The number of piperidine rings is 1. The van der Waals surface area contributed by atoms with Crippen LogP contribution in [0.4, 0.5) is 0 Å². The van der Waals surface area contributed by atoms with Crippen LogP contribution in [-0.2, 0) is 18.3 Å². The van der Waals surface area contributed by atoms with Crippen molar-refractivity contribution in [2.75, 3.05) is 20.2 Å². The van der Waals surface area contributed by atoms with Crippen molar-refractivity contribution >= 4 is 0 Å². The van der Waals surface area contributed by atoms with Crippen molar-refractivity contribution in [3.05, 3.63) is 36.3 Å². The fourth-order valence-electron chi connectivity index (χ4n) is 2.96. The molecule has 0 spiro atoms. The molecule has 0 N–H and O–H groups in total. The van der Waals surface area contributed by atoms with Gasteiger partial charge in [0.25, 0.3) is 0 Å². The first-order valence-corrected chi connectivity index (χ1v) is 7.44. The van der Waals surface area contributed by atoms with Gasteiger partial charge in [0, 0.05) is 45.2 Å². The number of aromatic nitrogens is 3. The molecule has 2 aromatic heterocycles. The molecule has 0 amide bonds. The first-order chi connectivity index (χ1) is 10.3. The van der Waals surface area contributed by atoms with E-state index in [2.05, 4.69) is 21.0 Å². The van der Waals surface area contributed by atoms with E-state index in [0.717, 1.165) is 37.3 Å². The largest absolute Gasteiger partial charge is 0.380 e. The highest BCUT2D eigenvalue weighted by molar-refractivity contribution is 5.61. The van der Waals surface area contributed by atoms with Gasteiger partial charge in [-0.2, -0.15) is 5.10 Å². The van der Waals surface area contributed by atoms with E-state index in [1.807, 2.05) is 36.4 Å². The van der Waals surface area contributed by atoms with Crippen LogP contribution in [0.25, 0.3) is 11.3 Å². The van der Waals surface area contributed by atoms with Crippen molar-refractivity contribution in [3.63, 3.8) is 0 Å². The summed E-state index contributed by atoms with van der Waals surface area (Å²) in [6, 6.07) is 4.17. The maximum Gasteiger partial charge on any atom is 0.0778 e. The van der Waals surface area contributed by atoms with Crippen molar-refractivity contribution in [1.29, 1.82) is 0 Å². The third kappa shape index (κ3) is 3.31. The Morgan fingerprint density at radius 2 is 2.33 bits per heavy atom. The first kappa shape index (κ1) is 14.2. The molecule has 2 aromatic rings. The van der Waals surface area contributed by atoms with Gasteiger partial charge in [-0.15, -0.1) is 0 Å². The molecule has 1 aliphatic rings. The Kier molecular flexibility index (Phi) is 4.31. The third-order valence-corrected chi connectivity index (χ3v) is 4.06. The summed E-state index contributed by atoms with van der Waals surface area (Å²) in [5.41, 5.74) is 3.36. The molecule has 0 aromatic carbocycles. The number of likely N-dealkylation sites (tertiary alicyclic amines) is 1. The normalized spacial score (nSPS) is 19.8. The van der Waals surface area contributed by atoms with E-state index in [0.29, 0.717) is 6.10 Å². The van der Waals surface area contributed by atoms with Crippen molar-refractivity contribution in [1.82, 2.24) is 19.7 Å². The van der Waals surface area contributed by atoms with Crippen LogP contribution in [0.15, 0.2) is 30.7 Å². The molecule has 0 bridgehead atoms. The van der Waals surface area contributed by atoms with Crippen LogP contribution in [0.5, 0.6) is 0 Å². The lowest BCUT2D eigenvalue weighted by atomic mass is 10.0. The van der Waals surface area contributed by atoms with Gasteiger partial charge >= 0.3 is 0 Å². The second kappa shape index (κ2) is 6.37. The lowest BCUT2D eigenvalue weighted by Crippen LogP contribution is -2.38. The molecule has 3 heterocycles. The Morgan fingerprint density at radius 3 is 3.10 bits per heavy atom.